The van der Waals surface area contributed by atoms with Crippen LogP contribution in [0, 0.1) is 0 Å². The SMILES string of the molecule is CSCCCCCCNc1ncc(Cl)cc1Br. The molecule has 0 aliphatic rings. The van der Waals surface area contributed by atoms with Gasteiger partial charge in [0.2, 0.25) is 0 Å². The van der Waals surface area contributed by atoms with Gasteiger partial charge in [0.25, 0.3) is 0 Å². The molecule has 96 valence electrons. The highest BCUT2D eigenvalue weighted by Gasteiger charge is 2.01. The number of pyridine rings is 1. The predicted octanol–water partition coefficient (Wildman–Crippen LogP) is 4.83. The molecule has 0 atom stereocenters. The molecule has 0 aromatic carbocycles. The van der Waals surface area contributed by atoms with Gasteiger partial charge in [-0.25, -0.2) is 4.98 Å². The third kappa shape index (κ3) is 6.53. The average Bonchev–Trinajstić information content (AvgIpc) is 2.30. The molecule has 0 saturated carbocycles. The van der Waals surface area contributed by atoms with Crippen LogP contribution in [0.4, 0.5) is 5.82 Å². The first-order valence-electron chi connectivity index (χ1n) is 5.78. The van der Waals surface area contributed by atoms with Crippen molar-refractivity contribution in [3.8, 4) is 0 Å². The molecule has 1 N–H and O–H groups in total. The molecule has 1 aromatic rings. The summed E-state index contributed by atoms with van der Waals surface area (Å²) in [5.74, 6) is 2.15. The van der Waals surface area contributed by atoms with Crippen molar-refractivity contribution in [2.24, 2.45) is 0 Å². The molecule has 1 rings (SSSR count). The molecule has 0 bridgehead atoms. The van der Waals surface area contributed by atoms with Crippen LogP contribution >= 0.6 is 39.3 Å². The van der Waals surface area contributed by atoms with Gasteiger partial charge in [0, 0.05) is 12.7 Å². The number of rotatable bonds is 8. The Morgan fingerprint density at radius 2 is 2.12 bits per heavy atom. The normalized spacial score (nSPS) is 10.5. The first kappa shape index (κ1) is 15.1. The largest absolute Gasteiger partial charge is 0.369 e. The number of anilines is 1. The summed E-state index contributed by atoms with van der Waals surface area (Å²) in [6.07, 6.45) is 8.92. The van der Waals surface area contributed by atoms with Gasteiger partial charge in [-0.1, -0.05) is 24.4 Å². The fourth-order valence-corrected chi connectivity index (χ4v) is 2.75. The van der Waals surface area contributed by atoms with E-state index in [-0.39, 0.29) is 0 Å². The van der Waals surface area contributed by atoms with Crippen LogP contribution in [0.15, 0.2) is 16.7 Å². The maximum atomic E-state index is 5.83. The second kappa shape index (κ2) is 9.06. The summed E-state index contributed by atoms with van der Waals surface area (Å²) in [5.41, 5.74) is 0. The third-order valence-electron chi connectivity index (χ3n) is 2.38. The number of hydrogen-bond donors (Lipinski definition) is 1. The molecule has 0 saturated heterocycles. The van der Waals surface area contributed by atoms with Crippen molar-refractivity contribution in [2.75, 3.05) is 23.9 Å². The summed E-state index contributed by atoms with van der Waals surface area (Å²) in [6.45, 7) is 0.965. The summed E-state index contributed by atoms with van der Waals surface area (Å²) in [7, 11) is 0. The summed E-state index contributed by atoms with van der Waals surface area (Å²) < 4.78 is 0.924. The maximum Gasteiger partial charge on any atom is 0.140 e. The van der Waals surface area contributed by atoms with E-state index in [0.29, 0.717) is 5.02 Å². The van der Waals surface area contributed by atoms with Crippen molar-refractivity contribution in [3.05, 3.63) is 21.8 Å². The average molecular weight is 338 g/mol. The second-order valence-corrected chi connectivity index (χ2v) is 6.09. The van der Waals surface area contributed by atoms with E-state index in [0.717, 1.165) is 16.8 Å². The van der Waals surface area contributed by atoms with Crippen molar-refractivity contribution in [1.82, 2.24) is 4.98 Å². The van der Waals surface area contributed by atoms with Gasteiger partial charge in [-0.2, -0.15) is 11.8 Å². The molecule has 1 aromatic heterocycles. The fraction of sp³-hybridized carbons (Fsp3) is 0.583. The molecule has 0 fully saturated rings. The van der Waals surface area contributed by atoms with E-state index in [9.17, 15) is 0 Å². The van der Waals surface area contributed by atoms with E-state index < -0.39 is 0 Å². The van der Waals surface area contributed by atoms with Crippen molar-refractivity contribution in [2.45, 2.75) is 25.7 Å². The molecular formula is C12H18BrClN2S. The lowest BCUT2D eigenvalue weighted by Crippen LogP contribution is -2.03. The van der Waals surface area contributed by atoms with E-state index >= 15 is 0 Å². The number of thioether (sulfide) groups is 1. The van der Waals surface area contributed by atoms with Crippen LogP contribution in [0.3, 0.4) is 0 Å². The smallest absolute Gasteiger partial charge is 0.140 e. The van der Waals surface area contributed by atoms with Gasteiger partial charge in [0.1, 0.15) is 5.82 Å². The minimum atomic E-state index is 0.652. The Bertz CT molecular complexity index is 336. The Balaban J connectivity index is 2.14. The zero-order chi connectivity index (χ0) is 12.5. The monoisotopic (exact) mass is 336 g/mol. The summed E-state index contributed by atoms with van der Waals surface area (Å²) in [6, 6.07) is 1.86. The minimum Gasteiger partial charge on any atom is -0.369 e. The van der Waals surface area contributed by atoms with Crippen LogP contribution in [-0.2, 0) is 0 Å². The molecule has 2 nitrogen and oxygen atoms in total. The first-order valence-corrected chi connectivity index (χ1v) is 8.34. The zero-order valence-electron chi connectivity index (χ0n) is 10.0. The first-order chi connectivity index (χ1) is 8.24. The lowest BCUT2D eigenvalue weighted by Gasteiger charge is -2.07. The van der Waals surface area contributed by atoms with Crippen LogP contribution in [-0.4, -0.2) is 23.5 Å². The van der Waals surface area contributed by atoms with Gasteiger partial charge in [-0.3, -0.25) is 0 Å². The van der Waals surface area contributed by atoms with Gasteiger partial charge in [0.15, 0.2) is 0 Å². The Morgan fingerprint density at radius 1 is 1.35 bits per heavy atom. The number of aromatic nitrogens is 1. The van der Waals surface area contributed by atoms with Crippen LogP contribution in [0.5, 0.6) is 0 Å². The summed E-state index contributed by atoms with van der Waals surface area (Å²) in [4.78, 5) is 4.23. The Labute approximate surface area is 121 Å². The zero-order valence-corrected chi connectivity index (χ0v) is 13.2. The van der Waals surface area contributed by atoms with E-state index in [4.69, 9.17) is 11.6 Å². The predicted molar refractivity (Wildman–Crippen MR) is 82.3 cm³/mol. The quantitative estimate of drug-likeness (QED) is 0.688. The van der Waals surface area contributed by atoms with E-state index in [1.54, 1.807) is 6.20 Å². The van der Waals surface area contributed by atoms with E-state index in [1.165, 1.54) is 31.4 Å². The van der Waals surface area contributed by atoms with Gasteiger partial charge in [0.05, 0.1) is 9.50 Å². The van der Waals surface area contributed by atoms with Crippen molar-refractivity contribution >= 4 is 45.1 Å². The molecule has 1 heterocycles. The molecule has 0 spiro atoms. The highest BCUT2D eigenvalue weighted by atomic mass is 79.9. The molecule has 0 aliphatic carbocycles. The standard InChI is InChI=1S/C12H18BrClN2S/c1-17-7-5-3-2-4-6-15-12-11(13)8-10(14)9-16-12/h8-9H,2-7H2,1H3,(H,15,16). The molecule has 0 unspecified atom stereocenters. The molecular weight excluding hydrogens is 320 g/mol. The lowest BCUT2D eigenvalue weighted by atomic mass is 10.2. The molecule has 17 heavy (non-hydrogen) atoms. The number of hydrogen-bond acceptors (Lipinski definition) is 3. The Kier molecular flexibility index (Phi) is 8.06. The number of nitrogens with one attached hydrogen (secondary N) is 1. The molecule has 0 radical (unpaired) electrons. The molecule has 0 aliphatic heterocycles. The molecule has 5 heteroatoms. The highest BCUT2D eigenvalue weighted by molar-refractivity contribution is 9.10. The van der Waals surface area contributed by atoms with E-state index in [2.05, 4.69) is 32.5 Å². The van der Waals surface area contributed by atoms with Crippen LogP contribution in [0.1, 0.15) is 25.7 Å². The Hall–Kier alpha value is 0.0700. The Morgan fingerprint density at radius 3 is 2.82 bits per heavy atom. The van der Waals surface area contributed by atoms with Crippen molar-refractivity contribution in [1.29, 1.82) is 0 Å². The van der Waals surface area contributed by atoms with E-state index in [1.807, 2.05) is 17.8 Å². The third-order valence-corrected chi connectivity index (χ3v) is 3.88. The topological polar surface area (TPSA) is 24.9 Å². The maximum absolute atomic E-state index is 5.83. The molecule has 0 amide bonds. The van der Waals surface area contributed by atoms with Gasteiger partial charge >= 0.3 is 0 Å². The number of unbranched alkanes of at least 4 members (excludes halogenated alkanes) is 3. The highest BCUT2D eigenvalue weighted by Crippen LogP contribution is 2.23. The number of halogens is 2. The van der Waals surface area contributed by atoms with Crippen molar-refractivity contribution in [3.63, 3.8) is 0 Å². The van der Waals surface area contributed by atoms with Crippen LogP contribution < -0.4 is 5.32 Å². The van der Waals surface area contributed by atoms with Crippen molar-refractivity contribution < 1.29 is 0 Å². The summed E-state index contributed by atoms with van der Waals surface area (Å²) in [5, 5.41) is 3.96. The summed E-state index contributed by atoms with van der Waals surface area (Å²) >= 11 is 11.2. The fourth-order valence-electron chi connectivity index (χ4n) is 1.48. The minimum absolute atomic E-state index is 0.652. The van der Waals surface area contributed by atoms with Gasteiger partial charge < -0.3 is 5.32 Å². The number of nitrogens with zero attached hydrogens (tertiary/aromatic N) is 1. The second-order valence-electron chi connectivity index (χ2n) is 3.82. The van der Waals surface area contributed by atoms with Gasteiger partial charge in [-0.15, -0.1) is 0 Å². The van der Waals surface area contributed by atoms with Gasteiger partial charge in [-0.05, 0) is 46.8 Å². The van der Waals surface area contributed by atoms with Crippen LogP contribution in [0.2, 0.25) is 5.02 Å². The lowest BCUT2D eigenvalue weighted by molar-refractivity contribution is 0.688. The van der Waals surface area contributed by atoms with Crippen LogP contribution in [0.25, 0.3) is 0 Å².